The van der Waals surface area contributed by atoms with Gasteiger partial charge in [-0.05, 0) is 55.9 Å². The molecule has 2 bridgehead atoms. The normalized spacial score (nSPS) is 28.1. The molecule has 6 heteroatoms. The van der Waals surface area contributed by atoms with Crippen LogP contribution in [0.3, 0.4) is 0 Å². The van der Waals surface area contributed by atoms with E-state index in [1.165, 1.54) is 18.4 Å². The van der Waals surface area contributed by atoms with Gasteiger partial charge in [-0.25, -0.2) is 4.98 Å². The predicted octanol–water partition coefficient (Wildman–Crippen LogP) is 5.20. The number of piperidine rings is 1. The minimum absolute atomic E-state index is 0.0797. The van der Waals surface area contributed by atoms with Crippen molar-refractivity contribution in [1.82, 2.24) is 15.2 Å². The number of carbonyl (C=O) groups is 1. The van der Waals surface area contributed by atoms with Crippen LogP contribution in [0.4, 0.5) is 0 Å². The first-order valence-corrected chi connectivity index (χ1v) is 13.0. The van der Waals surface area contributed by atoms with Gasteiger partial charge >= 0.3 is 0 Å². The maximum absolute atomic E-state index is 12.9. The third-order valence-electron chi connectivity index (χ3n) is 7.68. The number of thiazole rings is 1. The molecule has 0 spiro atoms. The molecule has 1 amide bonds. The Morgan fingerprint density at radius 3 is 2.56 bits per heavy atom. The molecule has 1 N–H and O–H groups in total. The van der Waals surface area contributed by atoms with E-state index in [-0.39, 0.29) is 24.0 Å². The maximum Gasteiger partial charge on any atom is 0.273 e. The van der Waals surface area contributed by atoms with Crippen LogP contribution in [0.25, 0.3) is 0 Å². The van der Waals surface area contributed by atoms with E-state index in [9.17, 15) is 4.79 Å². The van der Waals surface area contributed by atoms with Crippen molar-refractivity contribution in [1.29, 1.82) is 0 Å². The second-order valence-corrected chi connectivity index (χ2v) is 11.5. The van der Waals surface area contributed by atoms with Gasteiger partial charge in [0.05, 0.1) is 6.04 Å². The van der Waals surface area contributed by atoms with Crippen molar-refractivity contribution in [3.8, 4) is 5.19 Å². The third kappa shape index (κ3) is 4.86. The van der Waals surface area contributed by atoms with Crippen molar-refractivity contribution >= 4 is 17.2 Å². The molecule has 2 saturated heterocycles. The van der Waals surface area contributed by atoms with Crippen LogP contribution in [0, 0.1) is 11.3 Å². The van der Waals surface area contributed by atoms with E-state index >= 15 is 0 Å². The average Bonchev–Trinajstić information content (AvgIpc) is 3.35. The van der Waals surface area contributed by atoms with E-state index in [1.54, 1.807) is 11.3 Å². The second kappa shape index (κ2) is 9.14. The summed E-state index contributed by atoms with van der Waals surface area (Å²) in [6.45, 7) is 5.53. The van der Waals surface area contributed by atoms with Crippen LogP contribution < -0.4 is 10.1 Å². The fourth-order valence-corrected chi connectivity index (χ4v) is 6.68. The molecule has 1 aromatic heterocycles. The Kier molecular flexibility index (Phi) is 6.26. The predicted molar refractivity (Wildman–Crippen MR) is 128 cm³/mol. The molecule has 3 heterocycles. The molecule has 172 valence electrons. The van der Waals surface area contributed by atoms with Crippen molar-refractivity contribution in [2.24, 2.45) is 11.3 Å². The number of benzene rings is 1. The van der Waals surface area contributed by atoms with Gasteiger partial charge in [-0.3, -0.25) is 9.69 Å². The van der Waals surface area contributed by atoms with Gasteiger partial charge in [-0.1, -0.05) is 55.5 Å². The Labute approximate surface area is 195 Å². The van der Waals surface area contributed by atoms with E-state index in [1.807, 2.05) is 17.6 Å². The Balaban J connectivity index is 1.19. The zero-order chi connectivity index (χ0) is 22.1. The van der Waals surface area contributed by atoms with Crippen molar-refractivity contribution in [2.75, 3.05) is 6.54 Å². The standard InChI is InChI=1S/C26H35N3O2S/c1-26(2)16-19(17-26)24(30)28-23(18-6-4-3-5-7-18)10-12-29-20-8-9-21(29)15-22(14-20)31-25-27-11-13-32-25/h3-7,11,13,19-23H,8-10,12,14-17H2,1-2H3,(H,28,30)/t20-,21-,23+/m0/s1. The Morgan fingerprint density at radius 1 is 1.22 bits per heavy atom. The second-order valence-electron chi connectivity index (χ2n) is 10.7. The molecule has 32 heavy (non-hydrogen) atoms. The zero-order valence-electron chi connectivity index (χ0n) is 19.2. The van der Waals surface area contributed by atoms with Gasteiger partial charge in [0, 0.05) is 36.1 Å². The monoisotopic (exact) mass is 453 g/mol. The highest BCUT2D eigenvalue weighted by atomic mass is 32.1. The number of fused-ring (bicyclic) bond motifs is 2. The lowest BCUT2D eigenvalue weighted by Gasteiger charge is -2.42. The molecule has 0 radical (unpaired) electrons. The molecule has 1 aromatic carbocycles. The van der Waals surface area contributed by atoms with E-state index < -0.39 is 0 Å². The largest absolute Gasteiger partial charge is 0.467 e. The lowest BCUT2D eigenvalue weighted by molar-refractivity contribution is -0.132. The van der Waals surface area contributed by atoms with Crippen molar-refractivity contribution in [2.45, 2.75) is 83.0 Å². The van der Waals surface area contributed by atoms with Crippen LogP contribution in [0.1, 0.15) is 70.4 Å². The zero-order valence-corrected chi connectivity index (χ0v) is 20.0. The molecule has 1 saturated carbocycles. The quantitative estimate of drug-likeness (QED) is 0.597. The summed E-state index contributed by atoms with van der Waals surface area (Å²) in [6.07, 6.45) is 9.70. The lowest BCUT2D eigenvalue weighted by atomic mass is 9.64. The molecule has 2 aromatic rings. The van der Waals surface area contributed by atoms with Crippen LogP contribution in [0.5, 0.6) is 5.19 Å². The number of hydrogen-bond acceptors (Lipinski definition) is 5. The van der Waals surface area contributed by atoms with Crippen LogP contribution in [0.2, 0.25) is 0 Å². The van der Waals surface area contributed by atoms with Gasteiger partial charge in [0.25, 0.3) is 5.19 Å². The fraction of sp³-hybridized carbons (Fsp3) is 0.615. The number of aromatic nitrogens is 1. The summed E-state index contributed by atoms with van der Waals surface area (Å²) in [4.78, 5) is 19.9. The highest BCUT2D eigenvalue weighted by molar-refractivity contribution is 7.11. The summed E-state index contributed by atoms with van der Waals surface area (Å²) >= 11 is 1.58. The number of rotatable bonds is 8. The van der Waals surface area contributed by atoms with E-state index in [4.69, 9.17) is 4.74 Å². The molecule has 5 rings (SSSR count). The van der Waals surface area contributed by atoms with Crippen LogP contribution in [0.15, 0.2) is 41.9 Å². The van der Waals surface area contributed by atoms with Crippen molar-refractivity contribution < 1.29 is 9.53 Å². The number of carbonyl (C=O) groups excluding carboxylic acids is 1. The minimum Gasteiger partial charge on any atom is -0.467 e. The van der Waals surface area contributed by atoms with Gasteiger partial charge in [0.2, 0.25) is 5.91 Å². The summed E-state index contributed by atoms with van der Waals surface area (Å²) < 4.78 is 6.16. The van der Waals surface area contributed by atoms with Crippen molar-refractivity contribution in [3.05, 3.63) is 47.5 Å². The van der Waals surface area contributed by atoms with E-state index in [0.717, 1.165) is 43.8 Å². The number of hydrogen-bond donors (Lipinski definition) is 1. The molecular weight excluding hydrogens is 418 g/mol. The Hall–Kier alpha value is -1.92. The summed E-state index contributed by atoms with van der Waals surface area (Å²) in [5, 5.41) is 6.18. The summed E-state index contributed by atoms with van der Waals surface area (Å²) in [7, 11) is 0. The molecule has 5 nitrogen and oxygen atoms in total. The SMILES string of the molecule is CC1(C)CC(C(=O)N[C@H](CCN2[C@H]3CC[C@H]2CC(Oc2nccs2)C3)c2ccccc2)C1. The topological polar surface area (TPSA) is 54.5 Å². The fourth-order valence-electron chi connectivity index (χ4n) is 6.13. The van der Waals surface area contributed by atoms with Crippen LogP contribution >= 0.6 is 11.3 Å². The first-order valence-electron chi connectivity index (χ1n) is 12.1. The van der Waals surface area contributed by atoms with Gasteiger partial charge < -0.3 is 10.1 Å². The summed E-state index contributed by atoms with van der Waals surface area (Å²) in [6, 6.07) is 11.7. The highest BCUT2D eigenvalue weighted by Gasteiger charge is 2.43. The number of nitrogens with zero attached hydrogens (tertiary/aromatic N) is 2. The third-order valence-corrected chi connectivity index (χ3v) is 8.34. The number of nitrogens with one attached hydrogen (secondary N) is 1. The molecule has 1 aliphatic carbocycles. The maximum atomic E-state index is 12.9. The van der Waals surface area contributed by atoms with Gasteiger partial charge in [-0.15, -0.1) is 0 Å². The number of ether oxygens (including phenoxy) is 1. The molecule has 3 atom stereocenters. The van der Waals surface area contributed by atoms with Gasteiger partial charge in [-0.2, -0.15) is 0 Å². The first kappa shape index (κ1) is 21.9. The average molecular weight is 454 g/mol. The number of amides is 1. The smallest absolute Gasteiger partial charge is 0.273 e. The molecule has 3 fully saturated rings. The molecule has 0 unspecified atom stereocenters. The summed E-state index contributed by atoms with van der Waals surface area (Å²) in [5.41, 5.74) is 1.53. The lowest BCUT2D eigenvalue weighted by Crippen LogP contribution is -2.48. The van der Waals surface area contributed by atoms with Gasteiger partial charge in [0.15, 0.2) is 0 Å². The molecule has 2 aliphatic heterocycles. The van der Waals surface area contributed by atoms with Gasteiger partial charge in [0.1, 0.15) is 6.10 Å². The van der Waals surface area contributed by atoms with Crippen molar-refractivity contribution in [3.63, 3.8) is 0 Å². The molecule has 3 aliphatic rings. The highest BCUT2D eigenvalue weighted by Crippen LogP contribution is 2.45. The Bertz CT molecular complexity index is 879. The van der Waals surface area contributed by atoms with E-state index in [2.05, 4.69) is 53.3 Å². The Morgan fingerprint density at radius 2 is 1.94 bits per heavy atom. The summed E-state index contributed by atoms with van der Waals surface area (Å²) in [5.74, 6) is 0.405. The minimum atomic E-state index is 0.0797. The van der Waals surface area contributed by atoms with Crippen LogP contribution in [-0.2, 0) is 4.79 Å². The molecular formula is C26H35N3O2S. The van der Waals surface area contributed by atoms with E-state index in [0.29, 0.717) is 17.5 Å². The first-order chi connectivity index (χ1) is 15.5. The van der Waals surface area contributed by atoms with Crippen LogP contribution in [-0.4, -0.2) is 40.5 Å².